The number of benzene rings is 3. The molecule has 0 aliphatic rings. The molecule has 1 heterocycles. The highest BCUT2D eigenvalue weighted by Gasteiger charge is 2.18. The Morgan fingerprint density at radius 1 is 0.667 bits per heavy atom. The second-order valence-electron chi connectivity index (χ2n) is 5.99. The van der Waals surface area contributed by atoms with E-state index in [1.807, 2.05) is 95.6 Å². The van der Waals surface area contributed by atoms with Crippen LogP contribution in [0.5, 0.6) is 0 Å². The number of hydrogen-bond acceptors (Lipinski definition) is 3. The number of thiol groups is 1. The van der Waals surface area contributed by atoms with Crippen molar-refractivity contribution >= 4 is 24.8 Å². The lowest BCUT2D eigenvalue weighted by Crippen LogP contribution is -2.26. The molecular formula is C22H16N2OS2. The number of para-hydroxylation sites is 2. The molecule has 0 fully saturated rings. The molecule has 132 valence electrons. The molecule has 0 aliphatic heterocycles. The van der Waals surface area contributed by atoms with Crippen LogP contribution in [0, 0.1) is 4.77 Å². The number of aromatic nitrogens is 2. The van der Waals surface area contributed by atoms with Gasteiger partial charge in [0.15, 0.2) is 4.77 Å². The average molecular weight is 389 g/mol. The van der Waals surface area contributed by atoms with Crippen LogP contribution in [0.3, 0.4) is 0 Å². The zero-order chi connectivity index (χ0) is 18.8. The molecule has 0 bridgehead atoms. The van der Waals surface area contributed by atoms with Crippen LogP contribution in [-0.2, 0) is 0 Å². The molecule has 0 saturated carbocycles. The monoisotopic (exact) mass is 388 g/mol. The summed E-state index contributed by atoms with van der Waals surface area (Å²) in [5, 5.41) is 0.523. The van der Waals surface area contributed by atoms with Gasteiger partial charge in [-0.2, -0.15) is 0 Å². The van der Waals surface area contributed by atoms with Gasteiger partial charge in [-0.05, 0) is 42.0 Å². The quantitative estimate of drug-likeness (QED) is 0.292. The maximum Gasteiger partial charge on any atom is 0.267 e. The summed E-state index contributed by atoms with van der Waals surface area (Å²) >= 11 is 10.4. The van der Waals surface area contributed by atoms with Gasteiger partial charge in [0, 0.05) is 5.69 Å². The highest BCUT2D eigenvalue weighted by molar-refractivity contribution is 7.80. The molecule has 0 unspecified atom stereocenters. The zero-order valence-corrected chi connectivity index (χ0v) is 16.0. The Hall–Kier alpha value is -2.89. The summed E-state index contributed by atoms with van der Waals surface area (Å²) in [6.07, 6.45) is 0. The highest BCUT2D eigenvalue weighted by atomic mass is 32.1. The van der Waals surface area contributed by atoms with Gasteiger partial charge >= 0.3 is 0 Å². The fourth-order valence-electron chi connectivity index (χ4n) is 3.07. The van der Waals surface area contributed by atoms with Crippen LogP contribution in [0.4, 0.5) is 0 Å². The Morgan fingerprint density at radius 3 is 1.63 bits per heavy atom. The fraction of sp³-hybridized carbons (Fsp3) is 0. The van der Waals surface area contributed by atoms with Crippen molar-refractivity contribution in [1.82, 2.24) is 9.13 Å². The molecule has 4 rings (SSSR count). The minimum atomic E-state index is -0.186. The summed E-state index contributed by atoms with van der Waals surface area (Å²) in [6, 6.07) is 28.7. The van der Waals surface area contributed by atoms with Crippen molar-refractivity contribution in [1.29, 1.82) is 0 Å². The number of rotatable bonds is 3. The Kier molecular flexibility index (Phi) is 4.79. The van der Waals surface area contributed by atoms with Gasteiger partial charge in [-0.25, -0.2) is 0 Å². The lowest BCUT2D eigenvalue weighted by molar-refractivity contribution is 0.782. The molecule has 4 aromatic rings. The molecule has 3 nitrogen and oxygen atoms in total. The summed E-state index contributed by atoms with van der Waals surface area (Å²) in [5.74, 6) is 0. The van der Waals surface area contributed by atoms with Gasteiger partial charge in [-0.1, -0.05) is 66.7 Å². The zero-order valence-electron chi connectivity index (χ0n) is 14.3. The van der Waals surface area contributed by atoms with Gasteiger partial charge < -0.3 is 0 Å². The maximum atomic E-state index is 13.4. The van der Waals surface area contributed by atoms with E-state index < -0.39 is 0 Å². The standard InChI is InChI=1S/C22H16N2OS2/c25-20-19(16-10-4-1-5-11-16)21(26)24(18-14-8-3-9-15-18)22(27)23(20)17-12-6-2-7-13-17/h1-15,26H. The van der Waals surface area contributed by atoms with Crippen molar-refractivity contribution < 1.29 is 0 Å². The Bertz CT molecular complexity index is 1120. The van der Waals surface area contributed by atoms with E-state index in [2.05, 4.69) is 0 Å². The molecule has 3 aromatic carbocycles. The van der Waals surface area contributed by atoms with Gasteiger partial charge in [0.25, 0.3) is 5.56 Å². The molecule has 0 N–H and O–H groups in total. The number of nitrogens with zero attached hydrogens (tertiary/aromatic N) is 2. The second kappa shape index (κ2) is 7.39. The first-order valence-corrected chi connectivity index (χ1v) is 9.31. The predicted molar refractivity (Wildman–Crippen MR) is 115 cm³/mol. The molecule has 0 amide bonds. The summed E-state index contributed by atoms with van der Waals surface area (Å²) in [7, 11) is 0. The fourth-order valence-corrected chi connectivity index (χ4v) is 3.96. The first kappa shape index (κ1) is 17.5. The van der Waals surface area contributed by atoms with E-state index in [4.69, 9.17) is 24.8 Å². The average Bonchev–Trinajstić information content (AvgIpc) is 2.70. The largest absolute Gasteiger partial charge is 0.280 e. The lowest BCUT2D eigenvalue weighted by Gasteiger charge is -2.18. The summed E-state index contributed by atoms with van der Waals surface area (Å²) in [4.78, 5) is 13.4. The van der Waals surface area contributed by atoms with Crippen molar-refractivity contribution in [2.45, 2.75) is 5.03 Å². The van der Waals surface area contributed by atoms with Crippen LogP contribution in [-0.4, -0.2) is 9.13 Å². The molecule has 27 heavy (non-hydrogen) atoms. The first-order chi connectivity index (χ1) is 13.2. The van der Waals surface area contributed by atoms with Crippen molar-refractivity contribution in [3.05, 3.63) is 106 Å². The molecule has 0 atom stereocenters. The molecule has 0 radical (unpaired) electrons. The third-order valence-electron chi connectivity index (χ3n) is 4.33. The summed E-state index contributed by atoms with van der Waals surface area (Å²) in [5.41, 5.74) is 2.71. The topological polar surface area (TPSA) is 26.9 Å². The highest BCUT2D eigenvalue weighted by Crippen LogP contribution is 2.27. The molecule has 0 aliphatic carbocycles. The SMILES string of the molecule is O=c1c(-c2ccccc2)c(S)n(-c2ccccc2)c(=S)n1-c1ccccc1. The van der Waals surface area contributed by atoms with Crippen LogP contribution in [0.25, 0.3) is 22.5 Å². The van der Waals surface area contributed by atoms with Crippen molar-refractivity contribution in [2.24, 2.45) is 0 Å². The van der Waals surface area contributed by atoms with Gasteiger partial charge in [0.05, 0.1) is 16.3 Å². The van der Waals surface area contributed by atoms with E-state index in [9.17, 15) is 4.79 Å². The van der Waals surface area contributed by atoms with Gasteiger partial charge in [0.1, 0.15) is 0 Å². The van der Waals surface area contributed by atoms with E-state index >= 15 is 0 Å². The maximum absolute atomic E-state index is 13.4. The Labute approximate surface area is 167 Å². The van der Waals surface area contributed by atoms with E-state index in [1.54, 1.807) is 4.57 Å². The molecular weight excluding hydrogens is 372 g/mol. The van der Waals surface area contributed by atoms with Gasteiger partial charge in [0.2, 0.25) is 0 Å². The minimum Gasteiger partial charge on any atom is -0.280 e. The Morgan fingerprint density at radius 2 is 1.11 bits per heavy atom. The van der Waals surface area contributed by atoms with Gasteiger partial charge in [-0.15, -0.1) is 12.6 Å². The van der Waals surface area contributed by atoms with Gasteiger partial charge in [-0.3, -0.25) is 13.9 Å². The van der Waals surface area contributed by atoms with Crippen molar-refractivity contribution in [2.75, 3.05) is 0 Å². The molecule has 0 saturated heterocycles. The van der Waals surface area contributed by atoms with Crippen LogP contribution < -0.4 is 5.56 Å². The molecule has 1 aromatic heterocycles. The molecule has 0 spiro atoms. The second-order valence-corrected chi connectivity index (χ2v) is 6.78. The van der Waals surface area contributed by atoms with E-state index in [1.165, 1.54) is 0 Å². The van der Waals surface area contributed by atoms with E-state index in [-0.39, 0.29) is 5.56 Å². The summed E-state index contributed by atoms with van der Waals surface area (Å²) < 4.78 is 3.77. The van der Waals surface area contributed by atoms with Crippen LogP contribution >= 0.6 is 24.8 Å². The third-order valence-corrected chi connectivity index (χ3v) is 5.11. The van der Waals surface area contributed by atoms with Crippen molar-refractivity contribution in [3.63, 3.8) is 0 Å². The van der Waals surface area contributed by atoms with Crippen LogP contribution in [0.2, 0.25) is 0 Å². The molecule has 5 heteroatoms. The third kappa shape index (κ3) is 3.16. The van der Waals surface area contributed by atoms with E-state index in [0.717, 1.165) is 16.9 Å². The lowest BCUT2D eigenvalue weighted by atomic mass is 10.1. The smallest absolute Gasteiger partial charge is 0.267 e. The predicted octanol–water partition coefficient (Wildman–Crippen LogP) is 5.31. The van der Waals surface area contributed by atoms with Crippen molar-refractivity contribution in [3.8, 4) is 22.5 Å². The Balaban J connectivity index is 2.16. The normalized spacial score (nSPS) is 10.7. The van der Waals surface area contributed by atoms with E-state index in [0.29, 0.717) is 15.4 Å². The minimum absolute atomic E-state index is 0.186. The van der Waals surface area contributed by atoms with Crippen LogP contribution in [0.1, 0.15) is 0 Å². The number of hydrogen-bond donors (Lipinski definition) is 1. The van der Waals surface area contributed by atoms with Crippen LogP contribution in [0.15, 0.2) is 101 Å². The summed E-state index contributed by atoms with van der Waals surface area (Å²) in [6.45, 7) is 0. The first-order valence-electron chi connectivity index (χ1n) is 8.46.